The molecule has 0 atom stereocenters. The molecule has 0 radical (unpaired) electrons. The molecule has 3 rings (SSSR count). The smallest absolute Gasteiger partial charge is 0.339 e. The van der Waals surface area contributed by atoms with Crippen LogP contribution in [0.1, 0.15) is 23.6 Å². The zero-order valence-corrected chi connectivity index (χ0v) is 21.0. The number of ether oxygens (including phenoxy) is 1. The number of hydrogen-bond donors (Lipinski definition) is 0. The molecule has 0 heterocycles. The maximum Gasteiger partial charge on any atom is 0.339 e. The van der Waals surface area contributed by atoms with Gasteiger partial charge in [-0.1, -0.05) is 35.4 Å². The summed E-state index contributed by atoms with van der Waals surface area (Å²) in [6.45, 7) is 5.99. The Morgan fingerprint density at radius 3 is 2.42 bits per heavy atom. The van der Waals surface area contributed by atoms with E-state index in [4.69, 9.17) is 20.5 Å². The van der Waals surface area contributed by atoms with Gasteiger partial charge < -0.3 is 8.92 Å². The van der Waals surface area contributed by atoms with Crippen LogP contribution < -0.4 is 8.92 Å². The molecule has 0 amide bonds. The molecular weight excluding hydrogens is 549 g/mol. The lowest BCUT2D eigenvalue weighted by molar-refractivity contribution is 0.327. The summed E-state index contributed by atoms with van der Waals surface area (Å²) in [5, 5.41) is 0.643. The molecule has 5 nitrogen and oxygen atoms in total. The summed E-state index contributed by atoms with van der Waals surface area (Å²) < 4.78 is 37.2. The quantitative estimate of drug-likeness (QED) is 0.186. The van der Waals surface area contributed by atoms with Crippen molar-refractivity contribution in [2.24, 2.45) is 4.99 Å². The Morgan fingerprint density at radius 2 is 1.77 bits per heavy atom. The first-order valence-electron chi connectivity index (χ1n) is 9.47. The normalized spacial score (nSPS) is 11.6. The molecule has 8 heteroatoms. The summed E-state index contributed by atoms with van der Waals surface area (Å²) in [5.74, 6) is 0.479. The second-order valence-corrected chi connectivity index (χ2v) is 9.92. The Kier molecular flexibility index (Phi) is 7.61. The third-order valence-electron chi connectivity index (χ3n) is 4.35. The molecule has 0 aromatic heterocycles. The highest BCUT2D eigenvalue weighted by Gasteiger charge is 2.22. The van der Waals surface area contributed by atoms with Crippen LogP contribution >= 0.6 is 34.2 Å². The molecular formula is C23H21ClINO4S. The van der Waals surface area contributed by atoms with Gasteiger partial charge in [0.2, 0.25) is 0 Å². The van der Waals surface area contributed by atoms with Crippen molar-refractivity contribution in [1.29, 1.82) is 0 Å². The molecule has 0 spiro atoms. The van der Waals surface area contributed by atoms with Crippen molar-refractivity contribution in [1.82, 2.24) is 0 Å². The van der Waals surface area contributed by atoms with E-state index in [9.17, 15) is 8.42 Å². The number of nitrogens with zero attached hydrogens (tertiary/aromatic N) is 1. The van der Waals surface area contributed by atoms with E-state index in [1.807, 2.05) is 55.5 Å². The van der Waals surface area contributed by atoms with Crippen molar-refractivity contribution >= 4 is 56.2 Å². The lowest BCUT2D eigenvalue weighted by Crippen LogP contribution is -2.12. The first kappa shape index (κ1) is 23.6. The van der Waals surface area contributed by atoms with E-state index in [1.165, 1.54) is 12.1 Å². The van der Waals surface area contributed by atoms with E-state index in [2.05, 4.69) is 4.99 Å². The zero-order valence-electron chi connectivity index (χ0n) is 17.2. The van der Waals surface area contributed by atoms with Crippen LogP contribution in [-0.2, 0) is 10.1 Å². The van der Waals surface area contributed by atoms with Gasteiger partial charge in [0, 0.05) is 11.2 Å². The summed E-state index contributed by atoms with van der Waals surface area (Å²) in [6.07, 6.45) is 1.67. The number of benzene rings is 3. The van der Waals surface area contributed by atoms with E-state index < -0.39 is 10.1 Å². The predicted molar refractivity (Wildman–Crippen MR) is 133 cm³/mol. The van der Waals surface area contributed by atoms with Crippen LogP contribution in [0.5, 0.6) is 11.5 Å². The maximum absolute atomic E-state index is 12.8. The Morgan fingerprint density at radius 1 is 1.06 bits per heavy atom. The summed E-state index contributed by atoms with van der Waals surface area (Å²) in [4.78, 5) is 4.54. The van der Waals surface area contributed by atoms with Gasteiger partial charge in [-0.3, -0.25) is 4.99 Å². The fraction of sp³-hybridized carbons (Fsp3) is 0.174. The standard InChI is InChI=1S/C23H21ClINO4S/c1-4-29-22-12-17(14-26-18-8-7-16(3)20(24)13-18)11-21(25)23(22)30-31(27,28)19-9-5-15(2)6-10-19/h5-14H,4H2,1-3H3. The predicted octanol–water partition coefficient (Wildman–Crippen LogP) is 6.48. The molecule has 0 aliphatic carbocycles. The van der Waals surface area contributed by atoms with Crippen LogP contribution in [0.25, 0.3) is 0 Å². The zero-order chi connectivity index (χ0) is 22.6. The summed E-state index contributed by atoms with van der Waals surface area (Å²) in [7, 11) is -4.00. The van der Waals surface area contributed by atoms with Gasteiger partial charge in [0.15, 0.2) is 11.5 Å². The number of hydrogen-bond acceptors (Lipinski definition) is 5. The van der Waals surface area contributed by atoms with Crippen molar-refractivity contribution in [3.63, 3.8) is 0 Å². The third-order valence-corrected chi connectivity index (χ3v) is 6.80. The first-order chi connectivity index (χ1) is 14.7. The van der Waals surface area contributed by atoms with Crippen molar-refractivity contribution in [3.8, 4) is 11.5 Å². The minimum atomic E-state index is -4.00. The number of aryl methyl sites for hydroxylation is 2. The topological polar surface area (TPSA) is 65.0 Å². The Hall–Kier alpha value is -2.10. The van der Waals surface area contributed by atoms with Crippen LogP contribution in [0.15, 0.2) is 64.5 Å². The maximum atomic E-state index is 12.8. The number of halogens is 2. The minimum Gasteiger partial charge on any atom is -0.490 e. The lowest BCUT2D eigenvalue weighted by Gasteiger charge is -2.14. The second kappa shape index (κ2) is 10.0. The van der Waals surface area contributed by atoms with E-state index in [0.29, 0.717) is 26.6 Å². The molecule has 0 N–H and O–H groups in total. The average molecular weight is 570 g/mol. The highest BCUT2D eigenvalue weighted by Crippen LogP contribution is 2.36. The summed E-state index contributed by atoms with van der Waals surface area (Å²) >= 11 is 8.19. The molecule has 0 aliphatic rings. The van der Waals surface area contributed by atoms with Gasteiger partial charge in [0.05, 0.1) is 15.9 Å². The Balaban J connectivity index is 1.93. The van der Waals surface area contributed by atoms with Crippen LogP contribution in [0, 0.1) is 17.4 Å². The van der Waals surface area contributed by atoms with E-state index in [-0.39, 0.29) is 10.6 Å². The van der Waals surface area contributed by atoms with E-state index in [0.717, 1.165) is 16.7 Å². The molecule has 0 saturated carbocycles. The molecule has 3 aromatic rings. The third kappa shape index (κ3) is 5.99. The fourth-order valence-corrected chi connectivity index (χ4v) is 4.70. The molecule has 3 aromatic carbocycles. The Labute approximate surface area is 201 Å². The van der Waals surface area contributed by atoms with Gasteiger partial charge >= 0.3 is 10.1 Å². The van der Waals surface area contributed by atoms with Crippen molar-refractivity contribution < 1.29 is 17.3 Å². The second-order valence-electron chi connectivity index (χ2n) is 6.81. The van der Waals surface area contributed by atoms with Crippen LogP contribution in [0.2, 0.25) is 5.02 Å². The molecule has 0 aliphatic heterocycles. The van der Waals surface area contributed by atoms with Crippen molar-refractivity contribution in [3.05, 3.63) is 79.9 Å². The highest BCUT2D eigenvalue weighted by molar-refractivity contribution is 14.1. The van der Waals surface area contributed by atoms with Gasteiger partial charge in [-0.2, -0.15) is 8.42 Å². The van der Waals surface area contributed by atoms with E-state index >= 15 is 0 Å². The fourth-order valence-electron chi connectivity index (χ4n) is 2.68. The SMILES string of the molecule is CCOc1cc(C=Nc2ccc(C)c(Cl)c2)cc(I)c1OS(=O)(=O)c1ccc(C)cc1. The van der Waals surface area contributed by atoms with Crippen molar-refractivity contribution in [2.75, 3.05) is 6.61 Å². The van der Waals surface area contributed by atoms with Crippen LogP contribution in [0.3, 0.4) is 0 Å². The van der Waals surface area contributed by atoms with Gasteiger partial charge in [0.25, 0.3) is 0 Å². The highest BCUT2D eigenvalue weighted by atomic mass is 127. The summed E-state index contributed by atoms with van der Waals surface area (Å²) in [6, 6.07) is 15.5. The Bertz CT molecular complexity index is 1230. The van der Waals surface area contributed by atoms with Crippen LogP contribution in [0.4, 0.5) is 5.69 Å². The molecule has 162 valence electrons. The average Bonchev–Trinajstić information content (AvgIpc) is 2.72. The molecule has 31 heavy (non-hydrogen) atoms. The first-order valence-corrected chi connectivity index (χ1v) is 12.3. The molecule has 0 saturated heterocycles. The van der Waals surface area contributed by atoms with E-state index in [1.54, 1.807) is 36.5 Å². The largest absolute Gasteiger partial charge is 0.490 e. The molecule has 0 fully saturated rings. The van der Waals surface area contributed by atoms with Gasteiger partial charge in [-0.25, -0.2) is 0 Å². The molecule has 0 bridgehead atoms. The summed E-state index contributed by atoms with van der Waals surface area (Å²) in [5.41, 5.74) is 3.39. The lowest BCUT2D eigenvalue weighted by atomic mass is 10.2. The van der Waals surface area contributed by atoms with Gasteiger partial charge in [-0.05, 0) is 90.9 Å². The monoisotopic (exact) mass is 569 g/mol. The minimum absolute atomic E-state index is 0.0817. The number of aliphatic imine (C=N–C) groups is 1. The van der Waals surface area contributed by atoms with Gasteiger partial charge in [-0.15, -0.1) is 0 Å². The number of rotatable bonds is 7. The van der Waals surface area contributed by atoms with Gasteiger partial charge in [0.1, 0.15) is 4.90 Å². The van der Waals surface area contributed by atoms with Crippen LogP contribution in [-0.4, -0.2) is 21.2 Å². The van der Waals surface area contributed by atoms with Crippen molar-refractivity contribution in [2.45, 2.75) is 25.7 Å². The molecule has 0 unspecified atom stereocenters.